The minimum atomic E-state index is -0.609. The second-order valence-corrected chi connectivity index (χ2v) is 7.33. The molecule has 0 aliphatic carbocycles. The van der Waals surface area contributed by atoms with Crippen LogP contribution < -0.4 is 0 Å². The fraction of sp³-hybridized carbons (Fsp3) is 0.333. The molecule has 1 aliphatic rings. The van der Waals surface area contributed by atoms with Gasteiger partial charge < -0.3 is 10.0 Å². The van der Waals surface area contributed by atoms with Crippen molar-refractivity contribution >= 4 is 17.4 Å². The minimum absolute atomic E-state index is 0.108. The molecule has 0 saturated carbocycles. The quantitative estimate of drug-likeness (QED) is 0.320. The van der Waals surface area contributed by atoms with Gasteiger partial charge in [-0.2, -0.15) is 0 Å². The standard InChI is InChI=1S/C24H27NO3/c1-3-4-5-9-16-25-21(18-10-7-6-8-11-18)20(23(27)24(25)28)22(26)19-14-12-17(2)13-15-19/h6-8,10-15,21,26H,3-5,9,16H2,1-2H3/b22-20+. The smallest absolute Gasteiger partial charge is 0.295 e. The maximum absolute atomic E-state index is 12.9. The number of aliphatic hydroxyl groups excluding tert-OH is 1. The van der Waals surface area contributed by atoms with Crippen molar-refractivity contribution in [2.45, 2.75) is 45.6 Å². The van der Waals surface area contributed by atoms with Crippen molar-refractivity contribution < 1.29 is 14.7 Å². The van der Waals surface area contributed by atoms with Crippen molar-refractivity contribution in [3.63, 3.8) is 0 Å². The van der Waals surface area contributed by atoms with E-state index in [1.54, 1.807) is 17.0 Å². The van der Waals surface area contributed by atoms with Crippen LogP contribution in [0.2, 0.25) is 0 Å². The van der Waals surface area contributed by atoms with E-state index in [-0.39, 0.29) is 11.3 Å². The number of hydrogen-bond donors (Lipinski definition) is 1. The Kier molecular flexibility index (Phi) is 6.30. The zero-order valence-corrected chi connectivity index (χ0v) is 16.5. The first-order valence-electron chi connectivity index (χ1n) is 9.95. The van der Waals surface area contributed by atoms with Crippen LogP contribution in [0.3, 0.4) is 0 Å². The first kappa shape index (κ1) is 19.9. The minimum Gasteiger partial charge on any atom is -0.507 e. The number of carbonyl (C=O) groups is 2. The molecule has 146 valence electrons. The number of likely N-dealkylation sites (tertiary alicyclic amines) is 1. The highest BCUT2D eigenvalue weighted by atomic mass is 16.3. The molecule has 1 aliphatic heterocycles. The van der Waals surface area contributed by atoms with Gasteiger partial charge in [0.05, 0.1) is 11.6 Å². The summed E-state index contributed by atoms with van der Waals surface area (Å²) in [4.78, 5) is 27.3. The normalized spacial score (nSPS) is 18.6. The molecule has 4 nitrogen and oxygen atoms in total. The van der Waals surface area contributed by atoms with E-state index in [1.165, 1.54) is 0 Å². The van der Waals surface area contributed by atoms with Crippen molar-refractivity contribution in [2.75, 3.05) is 6.54 Å². The predicted molar refractivity (Wildman–Crippen MR) is 111 cm³/mol. The van der Waals surface area contributed by atoms with E-state index < -0.39 is 17.7 Å². The summed E-state index contributed by atoms with van der Waals surface area (Å²) in [6, 6.07) is 16.2. The maximum Gasteiger partial charge on any atom is 0.295 e. The third-order valence-electron chi connectivity index (χ3n) is 5.23. The predicted octanol–water partition coefficient (Wildman–Crippen LogP) is 5.00. The first-order valence-corrected chi connectivity index (χ1v) is 9.95. The van der Waals surface area contributed by atoms with E-state index in [4.69, 9.17) is 0 Å². The SMILES string of the molecule is CCCCCCN1C(=O)C(=O)/C(=C(/O)c2ccc(C)cc2)C1c1ccccc1. The third kappa shape index (κ3) is 4.01. The summed E-state index contributed by atoms with van der Waals surface area (Å²) in [5, 5.41) is 10.9. The number of carbonyl (C=O) groups excluding carboxylic acids is 2. The fourth-order valence-electron chi connectivity index (χ4n) is 3.67. The van der Waals surface area contributed by atoms with Crippen LogP contribution in [0.15, 0.2) is 60.2 Å². The van der Waals surface area contributed by atoms with Gasteiger partial charge in [0.15, 0.2) is 0 Å². The van der Waals surface area contributed by atoms with E-state index in [1.807, 2.05) is 49.4 Å². The number of benzene rings is 2. The summed E-state index contributed by atoms with van der Waals surface area (Å²) in [5.74, 6) is -1.25. The van der Waals surface area contributed by atoms with Gasteiger partial charge in [-0.25, -0.2) is 0 Å². The largest absolute Gasteiger partial charge is 0.507 e. The number of rotatable bonds is 7. The number of nitrogens with zero attached hydrogens (tertiary/aromatic N) is 1. The molecule has 0 spiro atoms. The number of aliphatic hydroxyl groups is 1. The number of amides is 1. The highest BCUT2D eigenvalue weighted by Crippen LogP contribution is 2.39. The number of unbranched alkanes of at least 4 members (excludes halogenated alkanes) is 3. The Morgan fingerprint density at radius 1 is 0.964 bits per heavy atom. The van der Waals surface area contributed by atoms with Crippen molar-refractivity contribution in [2.24, 2.45) is 0 Å². The molecule has 0 bridgehead atoms. The molecule has 0 radical (unpaired) electrons. The van der Waals surface area contributed by atoms with Crippen LogP contribution >= 0.6 is 0 Å². The van der Waals surface area contributed by atoms with Gasteiger partial charge in [0.2, 0.25) is 0 Å². The summed E-state index contributed by atoms with van der Waals surface area (Å²) < 4.78 is 0. The zero-order valence-electron chi connectivity index (χ0n) is 16.5. The lowest BCUT2D eigenvalue weighted by Crippen LogP contribution is -2.30. The molecule has 1 unspecified atom stereocenters. The highest BCUT2D eigenvalue weighted by molar-refractivity contribution is 6.46. The lowest BCUT2D eigenvalue weighted by atomic mass is 9.95. The van der Waals surface area contributed by atoms with Crippen LogP contribution in [-0.2, 0) is 9.59 Å². The Morgan fingerprint density at radius 2 is 1.64 bits per heavy atom. The van der Waals surface area contributed by atoms with Crippen LogP contribution in [0, 0.1) is 6.92 Å². The summed E-state index contributed by atoms with van der Waals surface area (Å²) in [6.07, 6.45) is 4.06. The molecule has 1 saturated heterocycles. The van der Waals surface area contributed by atoms with E-state index >= 15 is 0 Å². The zero-order chi connectivity index (χ0) is 20.1. The molecular formula is C24H27NO3. The van der Waals surface area contributed by atoms with Crippen molar-refractivity contribution in [3.05, 3.63) is 76.9 Å². The summed E-state index contributed by atoms with van der Waals surface area (Å²) in [7, 11) is 0. The van der Waals surface area contributed by atoms with Crippen molar-refractivity contribution in [1.29, 1.82) is 0 Å². The van der Waals surface area contributed by atoms with Crippen molar-refractivity contribution in [3.8, 4) is 0 Å². The Morgan fingerprint density at radius 3 is 2.29 bits per heavy atom. The summed E-state index contributed by atoms with van der Waals surface area (Å²) in [6.45, 7) is 4.61. The average molecular weight is 377 g/mol. The Bertz CT molecular complexity index is 868. The van der Waals surface area contributed by atoms with Gasteiger partial charge >= 0.3 is 0 Å². The molecule has 1 fully saturated rings. The third-order valence-corrected chi connectivity index (χ3v) is 5.23. The first-order chi connectivity index (χ1) is 13.5. The van der Waals surface area contributed by atoms with Crippen LogP contribution in [-0.4, -0.2) is 28.2 Å². The molecular weight excluding hydrogens is 350 g/mol. The van der Waals surface area contributed by atoms with Gasteiger partial charge in [-0.3, -0.25) is 9.59 Å². The van der Waals surface area contributed by atoms with Crippen LogP contribution in [0.5, 0.6) is 0 Å². The second kappa shape index (κ2) is 8.87. The second-order valence-electron chi connectivity index (χ2n) is 7.33. The molecule has 0 aromatic heterocycles. The van der Waals surface area contributed by atoms with E-state index in [0.717, 1.165) is 36.8 Å². The number of hydrogen-bond acceptors (Lipinski definition) is 3. The lowest BCUT2D eigenvalue weighted by molar-refractivity contribution is -0.139. The van der Waals surface area contributed by atoms with Crippen molar-refractivity contribution in [1.82, 2.24) is 4.90 Å². The van der Waals surface area contributed by atoms with Gasteiger partial charge in [-0.05, 0) is 18.9 Å². The van der Waals surface area contributed by atoms with Gasteiger partial charge in [0, 0.05) is 12.1 Å². The maximum atomic E-state index is 12.9. The van der Waals surface area contributed by atoms with E-state index in [9.17, 15) is 14.7 Å². The molecule has 4 heteroatoms. The molecule has 1 heterocycles. The van der Waals surface area contributed by atoms with Crippen LogP contribution in [0.4, 0.5) is 0 Å². The summed E-state index contributed by atoms with van der Waals surface area (Å²) >= 11 is 0. The molecule has 28 heavy (non-hydrogen) atoms. The van der Waals surface area contributed by atoms with E-state index in [2.05, 4.69) is 6.92 Å². The number of Topliss-reactive ketones (excluding diaryl/α,β-unsaturated/α-hetero) is 1. The Balaban J connectivity index is 2.03. The molecule has 2 aromatic rings. The number of aryl methyl sites for hydroxylation is 1. The van der Waals surface area contributed by atoms with Gasteiger partial charge in [0.25, 0.3) is 11.7 Å². The molecule has 3 rings (SSSR count). The van der Waals surface area contributed by atoms with Gasteiger partial charge in [-0.15, -0.1) is 0 Å². The topological polar surface area (TPSA) is 57.6 Å². The molecule has 1 N–H and O–H groups in total. The average Bonchev–Trinajstić information content (AvgIpc) is 2.97. The highest BCUT2D eigenvalue weighted by Gasteiger charge is 2.45. The Hall–Kier alpha value is -2.88. The van der Waals surface area contributed by atoms with Gasteiger partial charge in [-0.1, -0.05) is 86.3 Å². The molecule has 1 atom stereocenters. The van der Waals surface area contributed by atoms with Crippen LogP contribution in [0.25, 0.3) is 5.76 Å². The summed E-state index contributed by atoms with van der Waals surface area (Å²) in [5.41, 5.74) is 2.63. The van der Waals surface area contributed by atoms with Gasteiger partial charge in [0.1, 0.15) is 5.76 Å². The Labute approximate surface area is 166 Å². The molecule has 2 aromatic carbocycles. The number of ketones is 1. The van der Waals surface area contributed by atoms with Crippen LogP contribution in [0.1, 0.15) is 55.3 Å². The monoisotopic (exact) mass is 377 g/mol. The fourth-order valence-corrected chi connectivity index (χ4v) is 3.67. The van der Waals surface area contributed by atoms with E-state index in [0.29, 0.717) is 12.1 Å². The lowest BCUT2D eigenvalue weighted by Gasteiger charge is -2.25. The molecule has 1 amide bonds.